The number of hydrogen-bond donors (Lipinski definition) is 1. The average molecular weight is 275 g/mol. The van der Waals surface area contributed by atoms with Gasteiger partial charge >= 0.3 is 5.97 Å². The SMILES string of the molecule is CCC1CCN(C(=O)CCc2ccc(C(=O)O)cc2)C1. The van der Waals surface area contributed by atoms with Crippen molar-refractivity contribution in [2.75, 3.05) is 13.1 Å². The van der Waals surface area contributed by atoms with E-state index in [-0.39, 0.29) is 11.5 Å². The molecule has 1 aliphatic rings. The highest BCUT2D eigenvalue weighted by atomic mass is 16.4. The van der Waals surface area contributed by atoms with Gasteiger partial charge in [-0.2, -0.15) is 0 Å². The summed E-state index contributed by atoms with van der Waals surface area (Å²) in [6.45, 7) is 3.95. The van der Waals surface area contributed by atoms with Crippen molar-refractivity contribution in [2.45, 2.75) is 32.6 Å². The third kappa shape index (κ3) is 3.59. The molecule has 108 valence electrons. The highest BCUT2D eigenvalue weighted by Crippen LogP contribution is 2.20. The van der Waals surface area contributed by atoms with Gasteiger partial charge in [0.15, 0.2) is 0 Å². The number of benzene rings is 1. The Kier molecular flexibility index (Phi) is 4.77. The highest BCUT2D eigenvalue weighted by Gasteiger charge is 2.24. The molecule has 0 saturated carbocycles. The van der Waals surface area contributed by atoms with Crippen molar-refractivity contribution >= 4 is 11.9 Å². The molecule has 2 rings (SSSR count). The first-order valence-electron chi connectivity index (χ1n) is 7.20. The van der Waals surface area contributed by atoms with Crippen molar-refractivity contribution in [3.8, 4) is 0 Å². The van der Waals surface area contributed by atoms with Crippen molar-refractivity contribution < 1.29 is 14.7 Å². The topological polar surface area (TPSA) is 57.6 Å². The summed E-state index contributed by atoms with van der Waals surface area (Å²) in [6, 6.07) is 6.75. The number of nitrogens with zero attached hydrogens (tertiary/aromatic N) is 1. The predicted octanol–water partition coefficient (Wildman–Crippen LogP) is 2.58. The maximum Gasteiger partial charge on any atom is 0.335 e. The number of carboxylic acids is 1. The summed E-state index contributed by atoms with van der Waals surface area (Å²) in [6.07, 6.45) is 3.44. The van der Waals surface area contributed by atoms with Crippen LogP contribution >= 0.6 is 0 Å². The fourth-order valence-corrected chi connectivity index (χ4v) is 2.62. The lowest BCUT2D eigenvalue weighted by Crippen LogP contribution is -2.28. The number of carbonyl (C=O) groups is 2. The van der Waals surface area contributed by atoms with Gasteiger partial charge in [0, 0.05) is 19.5 Å². The smallest absolute Gasteiger partial charge is 0.335 e. The Morgan fingerprint density at radius 2 is 2.00 bits per heavy atom. The van der Waals surface area contributed by atoms with Gasteiger partial charge in [-0.1, -0.05) is 25.5 Å². The number of carboxylic acid groups (broad SMARTS) is 1. The van der Waals surface area contributed by atoms with Crippen LogP contribution < -0.4 is 0 Å². The Morgan fingerprint density at radius 1 is 1.30 bits per heavy atom. The molecule has 1 heterocycles. The second kappa shape index (κ2) is 6.55. The van der Waals surface area contributed by atoms with Gasteiger partial charge in [0.1, 0.15) is 0 Å². The number of amides is 1. The lowest BCUT2D eigenvalue weighted by Gasteiger charge is -2.16. The molecule has 0 radical (unpaired) electrons. The van der Waals surface area contributed by atoms with Crippen molar-refractivity contribution in [1.82, 2.24) is 4.90 Å². The molecule has 1 N–H and O–H groups in total. The summed E-state index contributed by atoms with van der Waals surface area (Å²) in [5.74, 6) is -0.0487. The van der Waals surface area contributed by atoms with E-state index < -0.39 is 5.97 Å². The number of aromatic carboxylic acids is 1. The Balaban J connectivity index is 1.83. The first-order chi connectivity index (χ1) is 9.60. The van der Waals surface area contributed by atoms with Crippen LogP contribution in [0.25, 0.3) is 0 Å². The summed E-state index contributed by atoms with van der Waals surface area (Å²) in [4.78, 5) is 24.8. The van der Waals surface area contributed by atoms with Crippen molar-refractivity contribution in [1.29, 1.82) is 0 Å². The zero-order valence-electron chi connectivity index (χ0n) is 11.8. The standard InChI is InChI=1S/C16H21NO3/c1-2-12-9-10-17(11-12)15(18)8-5-13-3-6-14(7-4-13)16(19)20/h3-4,6-7,12H,2,5,8-11H2,1H3,(H,19,20). The van der Waals surface area contributed by atoms with Crippen molar-refractivity contribution in [3.05, 3.63) is 35.4 Å². The Bertz CT molecular complexity index is 481. The minimum atomic E-state index is -0.921. The molecule has 1 atom stereocenters. The van der Waals surface area contributed by atoms with Gasteiger partial charge in [-0.15, -0.1) is 0 Å². The van der Waals surface area contributed by atoms with E-state index in [0.29, 0.717) is 18.8 Å². The second-order valence-electron chi connectivity index (χ2n) is 5.40. The first kappa shape index (κ1) is 14.6. The van der Waals surface area contributed by atoms with Gasteiger partial charge < -0.3 is 10.0 Å². The number of likely N-dealkylation sites (tertiary alicyclic amines) is 1. The van der Waals surface area contributed by atoms with E-state index in [2.05, 4.69) is 6.92 Å². The maximum atomic E-state index is 12.1. The van der Waals surface area contributed by atoms with Crippen LogP contribution in [0.2, 0.25) is 0 Å². The fraction of sp³-hybridized carbons (Fsp3) is 0.500. The maximum absolute atomic E-state index is 12.1. The summed E-state index contributed by atoms with van der Waals surface area (Å²) in [5.41, 5.74) is 1.29. The molecule has 0 aromatic heterocycles. The molecule has 0 bridgehead atoms. The van der Waals surface area contributed by atoms with Gasteiger partial charge in [-0.3, -0.25) is 4.79 Å². The van der Waals surface area contributed by atoms with E-state index in [1.54, 1.807) is 24.3 Å². The summed E-state index contributed by atoms with van der Waals surface area (Å²) < 4.78 is 0. The third-order valence-corrected chi connectivity index (χ3v) is 4.04. The fourth-order valence-electron chi connectivity index (χ4n) is 2.62. The van der Waals surface area contributed by atoms with Gasteiger partial charge in [0.2, 0.25) is 5.91 Å². The third-order valence-electron chi connectivity index (χ3n) is 4.04. The van der Waals surface area contributed by atoms with Crippen molar-refractivity contribution in [2.24, 2.45) is 5.92 Å². The molecule has 1 amide bonds. The summed E-state index contributed by atoms with van der Waals surface area (Å²) >= 11 is 0. The Labute approximate surface area is 119 Å². The molecule has 4 heteroatoms. The van der Waals surface area contributed by atoms with Gasteiger partial charge in [0.25, 0.3) is 0 Å². The largest absolute Gasteiger partial charge is 0.478 e. The highest BCUT2D eigenvalue weighted by molar-refractivity contribution is 5.87. The van der Waals surface area contributed by atoms with Crippen LogP contribution in [0, 0.1) is 5.92 Å². The molecule has 1 saturated heterocycles. The normalized spacial score (nSPS) is 18.2. The molecular weight excluding hydrogens is 254 g/mol. The van der Waals surface area contributed by atoms with Crippen LogP contribution in [0.4, 0.5) is 0 Å². The molecule has 1 unspecified atom stereocenters. The van der Waals surface area contributed by atoms with E-state index in [9.17, 15) is 9.59 Å². The number of rotatable bonds is 5. The van der Waals surface area contributed by atoms with E-state index >= 15 is 0 Å². The molecule has 1 aliphatic heterocycles. The van der Waals surface area contributed by atoms with Crippen LogP contribution in [0.5, 0.6) is 0 Å². The van der Waals surface area contributed by atoms with Gasteiger partial charge in [-0.25, -0.2) is 4.79 Å². The molecular formula is C16H21NO3. The van der Waals surface area contributed by atoms with E-state index in [1.807, 2.05) is 4.90 Å². The summed E-state index contributed by atoms with van der Waals surface area (Å²) in [5, 5.41) is 8.82. The van der Waals surface area contributed by atoms with Crippen molar-refractivity contribution in [3.63, 3.8) is 0 Å². The minimum Gasteiger partial charge on any atom is -0.478 e. The zero-order valence-corrected chi connectivity index (χ0v) is 11.8. The minimum absolute atomic E-state index is 0.211. The average Bonchev–Trinajstić information content (AvgIpc) is 2.94. The van der Waals surface area contributed by atoms with E-state index in [0.717, 1.165) is 31.5 Å². The molecule has 1 aromatic carbocycles. The van der Waals surface area contributed by atoms with Crippen LogP contribution in [-0.2, 0) is 11.2 Å². The second-order valence-corrected chi connectivity index (χ2v) is 5.40. The first-order valence-corrected chi connectivity index (χ1v) is 7.20. The monoisotopic (exact) mass is 275 g/mol. The quantitative estimate of drug-likeness (QED) is 0.898. The molecule has 0 aliphatic carbocycles. The van der Waals surface area contributed by atoms with Crippen LogP contribution in [0.1, 0.15) is 42.1 Å². The molecule has 1 fully saturated rings. The van der Waals surface area contributed by atoms with Gasteiger partial charge in [-0.05, 0) is 36.5 Å². The lowest BCUT2D eigenvalue weighted by atomic mass is 10.1. The molecule has 0 spiro atoms. The number of hydrogen-bond acceptors (Lipinski definition) is 2. The Hall–Kier alpha value is -1.84. The van der Waals surface area contributed by atoms with Crippen LogP contribution in [-0.4, -0.2) is 35.0 Å². The number of aryl methyl sites for hydroxylation is 1. The van der Waals surface area contributed by atoms with Gasteiger partial charge in [0.05, 0.1) is 5.56 Å². The molecule has 20 heavy (non-hydrogen) atoms. The summed E-state index contributed by atoms with van der Waals surface area (Å²) in [7, 11) is 0. The Morgan fingerprint density at radius 3 is 2.55 bits per heavy atom. The molecule has 1 aromatic rings. The van der Waals surface area contributed by atoms with E-state index in [1.165, 1.54) is 0 Å². The van der Waals surface area contributed by atoms with Crippen LogP contribution in [0.3, 0.4) is 0 Å². The zero-order chi connectivity index (χ0) is 14.5. The predicted molar refractivity (Wildman–Crippen MR) is 76.7 cm³/mol. The molecule has 4 nitrogen and oxygen atoms in total. The van der Waals surface area contributed by atoms with E-state index in [4.69, 9.17) is 5.11 Å². The van der Waals surface area contributed by atoms with Crippen LogP contribution in [0.15, 0.2) is 24.3 Å². The number of carbonyl (C=O) groups excluding carboxylic acids is 1. The lowest BCUT2D eigenvalue weighted by molar-refractivity contribution is -0.130.